The molecule has 6 nitrogen and oxygen atoms in total. The van der Waals surface area contributed by atoms with E-state index in [0.29, 0.717) is 24.5 Å². The van der Waals surface area contributed by atoms with Crippen LogP contribution in [0.4, 0.5) is 5.69 Å². The first-order chi connectivity index (χ1) is 9.08. The Morgan fingerprint density at radius 2 is 2.16 bits per heavy atom. The molecule has 0 unspecified atom stereocenters. The quantitative estimate of drug-likeness (QED) is 0.660. The fraction of sp³-hybridized carbons (Fsp3) is 0.308. The maximum Gasteiger partial charge on any atom is 0.272 e. The number of hydrogen-bond donors (Lipinski definition) is 1. The van der Waals surface area contributed by atoms with E-state index in [1.54, 1.807) is 19.2 Å². The molecule has 0 bridgehead atoms. The fourth-order valence-corrected chi connectivity index (χ4v) is 1.85. The number of oxazole rings is 1. The van der Waals surface area contributed by atoms with Crippen molar-refractivity contribution < 1.29 is 9.34 Å². The van der Waals surface area contributed by atoms with E-state index in [0.717, 1.165) is 11.3 Å². The predicted molar refractivity (Wildman–Crippen MR) is 69.6 cm³/mol. The van der Waals surface area contributed by atoms with Gasteiger partial charge in [-0.05, 0) is 19.4 Å². The fourth-order valence-electron chi connectivity index (χ4n) is 1.85. The summed E-state index contributed by atoms with van der Waals surface area (Å²) < 4.78 is 5.33. The van der Waals surface area contributed by atoms with Gasteiger partial charge in [-0.1, -0.05) is 12.1 Å². The van der Waals surface area contributed by atoms with Crippen LogP contribution < -0.4 is 5.32 Å². The lowest BCUT2D eigenvalue weighted by atomic mass is 10.1. The molecule has 0 atom stereocenters. The molecule has 0 spiro atoms. The van der Waals surface area contributed by atoms with Crippen LogP contribution in [0.3, 0.4) is 0 Å². The molecule has 0 amide bonds. The Morgan fingerprint density at radius 1 is 1.37 bits per heavy atom. The highest BCUT2D eigenvalue weighted by molar-refractivity contribution is 5.44. The highest BCUT2D eigenvalue weighted by Gasteiger charge is 2.12. The molecule has 0 saturated carbocycles. The standard InChI is InChI=1S/C13H15N3O3/c1-9-6-15-13(19-9)8-14-7-11-4-3-5-12(10(11)2)16(17)18/h3-6,14H,7-8H2,1-2H3. The Labute approximate surface area is 110 Å². The first-order valence-electron chi connectivity index (χ1n) is 5.93. The monoisotopic (exact) mass is 261 g/mol. The zero-order valence-electron chi connectivity index (χ0n) is 10.8. The van der Waals surface area contributed by atoms with Crippen molar-refractivity contribution in [1.29, 1.82) is 0 Å². The molecule has 1 aromatic carbocycles. The third-order valence-corrected chi connectivity index (χ3v) is 2.87. The van der Waals surface area contributed by atoms with Gasteiger partial charge >= 0.3 is 0 Å². The van der Waals surface area contributed by atoms with Gasteiger partial charge in [-0.2, -0.15) is 0 Å². The molecular formula is C13H15N3O3. The molecule has 6 heteroatoms. The third-order valence-electron chi connectivity index (χ3n) is 2.87. The topological polar surface area (TPSA) is 81.2 Å². The average Bonchev–Trinajstić information content (AvgIpc) is 2.77. The summed E-state index contributed by atoms with van der Waals surface area (Å²) in [4.78, 5) is 14.5. The van der Waals surface area contributed by atoms with Crippen LogP contribution in [-0.4, -0.2) is 9.91 Å². The van der Waals surface area contributed by atoms with Crippen molar-refractivity contribution in [2.75, 3.05) is 0 Å². The van der Waals surface area contributed by atoms with Gasteiger partial charge in [0.05, 0.1) is 17.7 Å². The summed E-state index contributed by atoms with van der Waals surface area (Å²) in [5.74, 6) is 1.38. The minimum absolute atomic E-state index is 0.145. The van der Waals surface area contributed by atoms with Gasteiger partial charge in [0.1, 0.15) is 5.76 Å². The van der Waals surface area contributed by atoms with E-state index in [2.05, 4.69) is 10.3 Å². The van der Waals surface area contributed by atoms with Crippen molar-refractivity contribution in [3.05, 3.63) is 57.3 Å². The number of hydrogen-bond acceptors (Lipinski definition) is 5. The van der Waals surface area contributed by atoms with Gasteiger partial charge in [0.25, 0.3) is 5.69 Å². The average molecular weight is 261 g/mol. The molecule has 1 N–H and O–H groups in total. The first-order valence-corrected chi connectivity index (χ1v) is 5.93. The lowest BCUT2D eigenvalue weighted by Gasteiger charge is -2.06. The maximum atomic E-state index is 10.8. The van der Waals surface area contributed by atoms with Gasteiger partial charge in [0, 0.05) is 18.2 Å². The van der Waals surface area contributed by atoms with E-state index in [-0.39, 0.29) is 10.6 Å². The van der Waals surface area contributed by atoms with Crippen LogP contribution in [-0.2, 0) is 13.1 Å². The van der Waals surface area contributed by atoms with Crippen LogP contribution >= 0.6 is 0 Å². The molecule has 0 aliphatic rings. The molecule has 1 aromatic heterocycles. The van der Waals surface area contributed by atoms with Crippen molar-refractivity contribution in [2.24, 2.45) is 0 Å². The molecule has 1 heterocycles. The Morgan fingerprint density at radius 3 is 2.79 bits per heavy atom. The van der Waals surface area contributed by atoms with Crippen molar-refractivity contribution in [1.82, 2.24) is 10.3 Å². The van der Waals surface area contributed by atoms with E-state index >= 15 is 0 Å². The summed E-state index contributed by atoms with van der Waals surface area (Å²) in [6.07, 6.45) is 1.66. The molecule has 0 aliphatic heterocycles. The van der Waals surface area contributed by atoms with Gasteiger partial charge in [-0.3, -0.25) is 10.1 Å². The largest absolute Gasteiger partial charge is 0.445 e. The molecule has 0 aliphatic carbocycles. The van der Waals surface area contributed by atoms with E-state index in [4.69, 9.17) is 4.42 Å². The van der Waals surface area contributed by atoms with Crippen LogP contribution in [0.1, 0.15) is 22.8 Å². The first kappa shape index (κ1) is 13.2. The summed E-state index contributed by atoms with van der Waals surface area (Å²) in [7, 11) is 0. The van der Waals surface area contributed by atoms with E-state index in [9.17, 15) is 10.1 Å². The minimum Gasteiger partial charge on any atom is -0.445 e. The molecule has 2 aromatic rings. The molecule has 19 heavy (non-hydrogen) atoms. The summed E-state index contributed by atoms with van der Waals surface area (Å²) >= 11 is 0. The number of nitrogens with zero attached hydrogens (tertiary/aromatic N) is 2. The van der Waals surface area contributed by atoms with Gasteiger partial charge < -0.3 is 9.73 Å². The summed E-state index contributed by atoms with van der Waals surface area (Å²) in [6, 6.07) is 5.07. The zero-order valence-corrected chi connectivity index (χ0v) is 10.8. The van der Waals surface area contributed by atoms with Crippen LogP contribution in [0.5, 0.6) is 0 Å². The number of rotatable bonds is 5. The Balaban J connectivity index is 2.00. The highest BCUT2D eigenvalue weighted by Crippen LogP contribution is 2.20. The summed E-state index contributed by atoms with van der Waals surface area (Å²) in [5.41, 5.74) is 1.73. The Kier molecular flexibility index (Phi) is 3.91. The molecule has 0 radical (unpaired) electrons. The highest BCUT2D eigenvalue weighted by atomic mass is 16.6. The minimum atomic E-state index is -0.365. The van der Waals surface area contributed by atoms with E-state index in [1.807, 2.05) is 13.0 Å². The zero-order chi connectivity index (χ0) is 13.8. The lowest BCUT2D eigenvalue weighted by Crippen LogP contribution is -2.14. The number of aryl methyl sites for hydroxylation is 1. The number of nitro groups is 1. The van der Waals surface area contributed by atoms with Gasteiger partial charge in [-0.25, -0.2) is 4.98 Å². The van der Waals surface area contributed by atoms with Crippen LogP contribution in [0.15, 0.2) is 28.8 Å². The third kappa shape index (κ3) is 3.17. The Hall–Kier alpha value is -2.21. The van der Waals surface area contributed by atoms with Crippen LogP contribution in [0.25, 0.3) is 0 Å². The van der Waals surface area contributed by atoms with Crippen molar-refractivity contribution in [2.45, 2.75) is 26.9 Å². The molecular weight excluding hydrogens is 246 g/mol. The van der Waals surface area contributed by atoms with Crippen molar-refractivity contribution in [3.8, 4) is 0 Å². The SMILES string of the molecule is Cc1cnc(CNCc2cccc([N+](=O)[O-])c2C)o1. The molecule has 100 valence electrons. The number of benzene rings is 1. The van der Waals surface area contributed by atoms with Crippen molar-refractivity contribution in [3.63, 3.8) is 0 Å². The smallest absolute Gasteiger partial charge is 0.272 e. The Bertz CT molecular complexity index is 593. The van der Waals surface area contributed by atoms with E-state index < -0.39 is 0 Å². The van der Waals surface area contributed by atoms with Crippen molar-refractivity contribution >= 4 is 5.69 Å². The second-order valence-electron chi connectivity index (χ2n) is 4.29. The van der Waals surface area contributed by atoms with E-state index in [1.165, 1.54) is 6.07 Å². The second-order valence-corrected chi connectivity index (χ2v) is 4.29. The molecule has 0 saturated heterocycles. The number of nitro benzene ring substituents is 1. The summed E-state index contributed by atoms with van der Waals surface area (Å²) in [5, 5.41) is 14.0. The molecule has 0 fully saturated rings. The second kappa shape index (κ2) is 5.62. The van der Waals surface area contributed by atoms with Gasteiger partial charge in [-0.15, -0.1) is 0 Å². The van der Waals surface area contributed by atoms with Gasteiger partial charge in [0.2, 0.25) is 5.89 Å². The van der Waals surface area contributed by atoms with Gasteiger partial charge in [0.15, 0.2) is 0 Å². The maximum absolute atomic E-state index is 10.8. The number of aromatic nitrogens is 1. The normalized spacial score (nSPS) is 10.6. The van der Waals surface area contributed by atoms with Crippen LogP contribution in [0.2, 0.25) is 0 Å². The predicted octanol–water partition coefficient (Wildman–Crippen LogP) is 2.49. The molecule has 2 rings (SSSR count). The number of nitrogens with one attached hydrogen (secondary N) is 1. The summed E-state index contributed by atoms with van der Waals surface area (Å²) in [6.45, 7) is 4.62. The van der Waals surface area contributed by atoms with Crippen LogP contribution in [0, 0.1) is 24.0 Å². The lowest BCUT2D eigenvalue weighted by molar-refractivity contribution is -0.385.